The number of carbonyl (C=O) groups excluding carboxylic acids is 1. The van der Waals surface area contributed by atoms with E-state index in [0.717, 1.165) is 0 Å². The standard InChI is InChI=1S/C14H23N3O5S/c1-14(2,3)22-13(18)16-7-8-17-23(19,20)12-9-10(15)5-6-11(12)21-4/h5-6,9,17H,7-8,15H2,1-4H3,(H,16,18). The summed E-state index contributed by atoms with van der Waals surface area (Å²) in [5, 5.41) is 2.46. The average molecular weight is 345 g/mol. The Bertz CT molecular complexity index is 653. The van der Waals surface area contributed by atoms with Crippen LogP contribution in [-0.2, 0) is 14.8 Å². The summed E-state index contributed by atoms with van der Waals surface area (Å²) in [4.78, 5) is 11.4. The molecule has 0 spiro atoms. The van der Waals surface area contributed by atoms with Crippen molar-refractivity contribution < 1.29 is 22.7 Å². The molecule has 0 unspecified atom stereocenters. The summed E-state index contributed by atoms with van der Waals surface area (Å²) in [7, 11) is -2.44. The van der Waals surface area contributed by atoms with Gasteiger partial charge in [0, 0.05) is 18.8 Å². The highest BCUT2D eigenvalue weighted by Crippen LogP contribution is 2.25. The van der Waals surface area contributed by atoms with Crippen molar-refractivity contribution >= 4 is 21.8 Å². The smallest absolute Gasteiger partial charge is 0.407 e. The molecule has 0 aliphatic rings. The number of nitrogens with two attached hydrogens (primary N) is 1. The van der Waals surface area contributed by atoms with Crippen molar-refractivity contribution in [3.8, 4) is 5.75 Å². The SMILES string of the molecule is COc1ccc(N)cc1S(=O)(=O)NCCNC(=O)OC(C)(C)C. The molecule has 1 amide bonds. The lowest BCUT2D eigenvalue weighted by molar-refractivity contribution is 0.0529. The lowest BCUT2D eigenvalue weighted by Crippen LogP contribution is -2.37. The summed E-state index contributed by atoms with van der Waals surface area (Å²) < 4.78 is 36.9. The van der Waals surface area contributed by atoms with Gasteiger partial charge in [-0.05, 0) is 39.0 Å². The zero-order chi connectivity index (χ0) is 17.7. The Kier molecular flexibility index (Phi) is 6.22. The van der Waals surface area contributed by atoms with Crippen LogP contribution in [0.4, 0.5) is 10.5 Å². The summed E-state index contributed by atoms with van der Waals surface area (Å²) in [6.07, 6.45) is -0.613. The first-order valence-corrected chi connectivity index (χ1v) is 8.43. The lowest BCUT2D eigenvalue weighted by Gasteiger charge is -2.19. The number of nitrogen functional groups attached to an aromatic ring is 1. The molecule has 1 rings (SSSR count). The molecule has 23 heavy (non-hydrogen) atoms. The molecular formula is C14H23N3O5S. The predicted molar refractivity (Wildman–Crippen MR) is 86.8 cm³/mol. The molecule has 0 radical (unpaired) electrons. The van der Waals surface area contributed by atoms with Gasteiger partial charge in [0.25, 0.3) is 0 Å². The number of rotatable bonds is 6. The van der Waals surface area contributed by atoms with E-state index >= 15 is 0 Å². The van der Waals surface area contributed by atoms with Crippen molar-refractivity contribution in [3.05, 3.63) is 18.2 Å². The third-order valence-corrected chi connectivity index (χ3v) is 4.04. The number of benzene rings is 1. The first kappa shape index (κ1) is 19.0. The maximum Gasteiger partial charge on any atom is 0.407 e. The molecule has 4 N–H and O–H groups in total. The fraction of sp³-hybridized carbons (Fsp3) is 0.500. The highest BCUT2D eigenvalue weighted by atomic mass is 32.2. The van der Waals surface area contributed by atoms with Gasteiger partial charge in [-0.15, -0.1) is 0 Å². The van der Waals surface area contributed by atoms with Crippen molar-refractivity contribution in [2.75, 3.05) is 25.9 Å². The first-order valence-electron chi connectivity index (χ1n) is 6.95. The van der Waals surface area contributed by atoms with E-state index in [4.69, 9.17) is 15.2 Å². The van der Waals surface area contributed by atoms with E-state index in [-0.39, 0.29) is 23.7 Å². The van der Waals surface area contributed by atoms with Crippen LogP contribution in [0.1, 0.15) is 20.8 Å². The Balaban J connectivity index is 2.61. The molecule has 0 aliphatic heterocycles. The molecule has 0 heterocycles. The van der Waals surface area contributed by atoms with Gasteiger partial charge in [-0.2, -0.15) is 0 Å². The van der Waals surface area contributed by atoms with E-state index in [9.17, 15) is 13.2 Å². The van der Waals surface area contributed by atoms with Crippen molar-refractivity contribution in [1.82, 2.24) is 10.0 Å². The number of methoxy groups -OCH3 is 1. The van der Waals surface area contributed by atoms with Crippen LogP contribution in [0.5, 0.6) is 5.75 Å². The van der Waals surface area contributed by atoms with Crippen LogP contribution < -0.4 is 20.5 Å². The predicted octanol–water partition coefficient (Wildman–Crippen LogP) is 1.08. The molecule has 8 nitrogen and oxygen atoms in total. The van der Waals surface area contributed by atoms with E-state index in [2.05, 4.69) is 10.0 Å². The van der Waals surface area contributed by atoms with Gasteiger partial charge < -0.3 is 20.5 Å². The number of hydrogen-bond donors (Lipinski definition) is 3. The van der Waals surface area contributed by atoms with Gasteiger partial charge in [-0.1, -0.05) is 0 Å². The van der Waals surface area contributed by atoms with E-state index < -0.39 is 21.7 Å². The second-order valence-corrected chi connectivity index (χ2v) is 7.47. The van der Waals surface area contributed by atoms with Gasteiger partial charge in [0.1, 0.15) is 16.2 Å². The van der Waals surface area contributed by atoms with Crippen LogP contribution in [-0.4, -0.2) is 40.3 Å². The molecule has 0 bridgehead atoms. The Labute approximate surface area is 136 Å². The Morgan fingerprint density at radius 3 is 2.48 bits per heavy atom. The van der Waals surface area contributed by atoms with Crippen LogP contribution in [0.15, 0.2) is 23.1 Å². The maximum absolute atomic E-state index is 12.2. The third-order valence-electron chi connectivity index (χ3n) is 2.56. The van der Waals surface area contributed by atoms with Gasteiger partial charge in [0.15, 0.2) is 0 Å². The minimum atomic E-state index is -3.81. The molecule has 0 fully saturated rings. The van der Waals surface area contributed by atoms with Gasteiger partial charge in [-0.3, -0.25) is 0 Å². The normalized spacial score (nSPS) is 11.8. The monoisotopic (exact) mass is 345 g/mol. The molecule has 0 atom stereocenters. The molecular weight excluding hydrogens is 322 g/mol. The van der Waals surface area contributed by atoms with Gasteiger partial charge in [0.2, 0.25) is 10.0 Å². The number of nitrogens with one attached hydrogen (secondary N) is 2. The zero-order valence-electron chi connectivity index (χ0n) is 13.7. The summed E-state index contributed by atoms with van der Waals surface area (Å²) in [5.41, 5.74) is 5.30. The van der Waals surface area contributed by atoms with Crippen molar-refractivity contribution in [2.45, 2.75) is 31.3 Å². The quantitative estimate of drug-likeness (QED) is 0.524. The van der Waals surface area contributed by atoms with E-state index in [0.29, 0.717) is 5.69 Å². The molecule has 0 aliphatic carbocycles. The molecule has 0 aromatic heterocycles. The molecule has 1 aromatic carbocycles. The minimum Gasteiger partial charge on any atom is -0.495 e. The number of ether oxygens (including phenoxy) is 2. The minimum absolute atomic E-state index is 0.000467. The summed E-state index contributed by atoms with van der Waals surface area (Å²) in [6, 6.07) is 4.33. The summed E-state index contributed by atoms with van der Waals surface area (Å²) >= 11 is 0. The van der Waals surface area contributed by atoms with Gasteiger partial charge in [0.05, 0.1) is 7.11 Å². The third kappa shape index (κ3) is 6.33. The van der Waals surface area contributed by atoms with Gasteiger partial charge >= 0.3 is 6.09 Å². The topological polar surface area (TPSA) is 120 Å². The Morgan fingerprint density at radius 2 is 1.91 bits per heavy atom. The van der Waals surface area contributed by atoms with Crippen LogP contribution >= 0.6 is 0 Å². The van der Waals surface area contributed by atoms with Crippen LogP contribution in [0.3, 0.4) is 0 Å². The van der Waals surface area contributed by atoms with Crippen molar-refractivity contribution in [1.29, 1.82) is 0 Å². The van der Waals surface area contributed by atoms with Crippen LogP contribution in [0.25, 0.3) is 0 Å². The Hall–Kier alpha value is -2.00. The molecule has 1 aromatic rings. The first-order chi connectivity index (χ1) is 10.5. The van der Waals surface area contributed by atoms with E-state index in [1.54, 1.807) is 26.8 Å². The summed E-state index contributed by atoms with van der Waals surface area (Å²) in [5.74, 6) is 0.187. The van der Waals surface area contributed by atoms with Crippen molar-refractivity contribution in [2.24, 2.45) is 0 Å². The fourth-order valence-electron chi connectivity index (χ4n) is 1.65. The van der Waals surface area contributed by atoms with Crippen molar-refractivity contribution in [3.63, 3.8) is 0 Å². The molecule has 130 valence electrons. The van der Waals surface area contributed by atoms with E-state index in [1.165, 1.54) is 19.2 Å². The molecule has 0 saturated carbocycles. The highest BCUT2D eigenvalue weighted by molar-refractivity contribution is 7.89. The number of carbonyl (C=O) groups is 1. The highest BCUT2D eigenvalue weighted by Gasteiger charge is 2.20. The number of anilines is 1. The zero-order valence-corrected chi connectivity index (χ0v) is 14.5. The second kappa shape index (κ2) is 7.51. The number of amides is 1. The molecule has 9 heteroatoms. The second-order valence-electron chi connectivity index (χ2n) is 5.74. The molecule has 0 saturated heterocycles. The summed E-state index contributed by atoms with van der Waals surface area (Å²) in [6.45, 7) is 5.29. The largest absolute Gasteiger partial charge is 0.495 e. The average Bonchev–Trinajstić information content (AvgIpc) is 2.42. The van der Waals surface area contributed by atoms with E-state index in [1.807, 2.05) is 0 Å². The Morgan fingerprint density at radius 1 is 1.26 bits per heavy atom. The van der Waals surface area contributed by atoms with Gasteiger partial charge in [-0.25, -0.2) is 17.9 Å². The number of sulfonamides is 1. The van der Waals surface area contributed by atoms with Crippen LogP contribution in [0, 0.1) is 0 Å². The lowest BCUT2D eigenvalue weighted by atomic mass is 10.2. The maximum atomic E-state index is 12.2. The number of alkyl carbamates (subject to hydrolysis) is 1. The fourth-order valence-corrected chi connectivity index (χ4v) is 2.88. The van der Waals surface area contributed by atoms with Crippen LogP contribution in [0.2, 0.25) is 0 Å². The number of hydrogen-bond acceptors (Lipinski definition) is 6.